The van der Waals surface area contributed by atoms with E-state index in [0.717, 1.165) is 34.1 Å². The van der Waals surface area contributed by atoms with Crippen LogP contribution in [0.25, 0.3) is 44.5 Å². The Kier molecular flexibility index (Phi) is 8.51. The lowest BCUT2D eigenvalue weighted by atomic mass is 9.70. The van der Waals surface area contributed by atoms with Crippen LogP contribution in [0.2, 0.25) is 0 Å². The maximum atomic E-state index is 2.53. The maximum absolute atomic E-state index is 2.53. The van der Waals surface area contributed by atoms with Crippen molar-refractivity contribution in [3.8, 4) is 44.5 Å². The van der Waals surface area contributed by atoms with Gasteiger partial charge in [-0.25, -0.2) is 0 Å². The molecule has 1 spiro atoms. The summed E-state index contributed by atoms with van der Waals surface area (Å²) in [5, 5.41) is 0. The highest BCUT2D eigenvalue weighted by Gasteiger charge is 2.52. The number of anilines is 6. The second-order valence-corrected chi connectivity index (χ2v) is 18.4. The zero-order valence-electron chi connectivity index (χ0n) is 37.0. The van der Waals surface area contributed by atoms with E-state index in [9.17, 15) is 0 Å². The Morgan fingerprint density at radius 1 is 0.258 bits per heavy atom. The molecule has 0 aliphatic heterocycles. The van der Waals surface area contributed by atoms with Crippen molar-refractivity contribution >= 4 is 34.1 Å². The third kappa shape index (κ3) is 5.48. The zero-order chi connectivity index (χ0) is 44.0. The highest BCUT2D eigenvalue weighted by atomic mass is 15.1. The molecular formula is C64H46N2. The zero-order valence-corrected chi connectivity index (χ0v) is 37.0. The lowest BCUT2D eigenvalue weighted by molar-refractivity contribution is 0.660. The minimum absolute atomic E-state index is 0.130. The first-order chi connectivity index (χ1) is 32.5. The quantitative estimate of drug-likeness (QED) is 0.158. The maximum Gasteiger partial charge on any atom is 0.0727 e. The fourth-order valence-corrected chi connectivity index (χ4v) is 11.8. The average molecular weight is 843 g/mol. The summed E-state index contributed by atoms with van der Waals surface area (Å²) in [7, 11) is 0. The summed E-state index contributed by atoms with van der Waals surface area (Å²) in [5.74, 6) is 0. The number of para-hydroxylation sites is 3. The standard InChI is InChI=1S/C64H46N2/c1-63(2)56-32-18-15-29-49(56)52-37-35-47(39-59(52)63)65(44-23-9-4-10-24-44)48-36-38-53-50-30-16-19-33-57(50)64(60(53)40-48)58-34-20-17-31-51(58)55-41-54(43-21-7-3-8-22-43)62(42-61(55)64)66(45-25-11-5-12-26-45)46-27-13-6-14-28-46/h3-42H,1-2H3. The lowest BCUT2D eigenvalue weighted by Crippen LogP contribution is -2.26. The monoisotopic (exact) mass is 842 g/mol. The van der Waals surface area contributed by atoms with Gasteiger partial charge in [-0.1, -0.05) is 184 Å². The number of nitrogens with zero attached hydrogens (tertiary/aromatic N) is 2. The van der Waals surface area contributed by atoms with Crippen LogP contribution in [0.1, 0.15) is 47.2 Å². The SMILES string of the molecule is CC1(C)c2ccccc2-c2ccc(N(c3ccccc3)c3ccc4c(c3)C3(c5ccccc5-4)c4ccccc4-c4cc(-c5ccccc5)c(N(c5ccccc5)c5ccccc5)cc43)cc21. The highest BCUT2D eigenvalue weighted by Crippen LogP contribution is 2.65. The number of hydrogen-bond acceptors (Lipinski definition) is 2. The van der Waals surface area contributed by atoms with Crippen LogP contribution < -0.4 is 9.80 Å². The van der Waals surface area contributed by atoms with Crippen LogP contribution in [0.3, 0.4) is 0 Å². The van der Waals surface area contributed by atoms with Gasteiger partial charge >= 0.3 is 0 Å². The molecule has 0 heterocycles. The van der Waals surface area contributed by atoms with Crippen LogP contribution in [-0.2, 0) is 10.8 Å². The van der Waals surface area contributed by atoms with Crippen molar-refractivity contribution in [3.63, 3.8) is 0 Å². The molecule has 0 saturated carbocycles. The molecule has 2 heteroatoms. The van der Waals surface area contributed by atoms with Crippen LogP contribution in [0.5, 0.6) is 0 Å². The number of hydrogen-bond donors (Lipinski definition) is 0. The van der Waals surface area contributed by atoms with Gasteiger partial charge < -0.3 is 9.80 Å². The summed E-state index contributed by atoms with van der Waals surface area (Å²) in [6.07, 6.45) is 0. The first-order valence-corrected chi connectivity index (χ1v) is 23.1. The Balaban J connectivity index is 1.09. The molecular weight excluding hydrogens is 797 g/mol. The van der Waals surface area contributed by atoms with Gasteiger partial charge in [-0.2, -0.15) is 0 Å². The molecule has 3 aliphatic rings. The predicted molar refractivity (Wildman–Crippen MR) is 275 cm³/mol. The fourth-order valence-electron chi connectivity index (χ4n) is 11.8. The molecule has 1 unspecified atom stereocenters. The van der Waals surface area contributed by atoms with E-state index in [2.05, 4.69) is 266 Å². The van der Waals surface area contributed by atoms with Crippen LogP contribution in [0.4, 0.5) is 34.1 Å². The Labute approximate surface area is 387 Å². The molecule has 10 aromatic rings. The molecule has 0 radical (unpaired) electrons. The van der Waals surface area contributed by atoms with Crippen molar-refractivity contribution < 1.29 is 0 Å². The third-order valence-corrected chi connectivity index (χ3v) is 14.6. The average Bonchev–Trinajstić information content (AvgIpc) is 3.93. The number of rotatable bonds is 7. The van der Waals surface area contributed by atoms with Crippen molar-refractivity contribution in [1.29, 1.82) is 0 Å². The van der Waals surface area contributed by atoms with Gasteiger partial charge in [0.2, 0.25) is 0 Å². The van der Waals surface area contributed by atoms with E-state index in [1.165, 1.54) is 77.9 Å². The smallest absolute Gasteiger partial charge is 0.0727 e. The van der Waals surface area contributed by atoms with Gasteiger partial charge in [0.1, 0.15) is 0 Å². The van der Waals surface area contributed by atoms with E-state index in [4.69, 9.17) is 0 Å². The Bertz CT molecular complexity index is 3460. The van der Waals surface area contributed by atoms with Gasteiger partial charge in [0, 0.05) is 39.4 Å². The normalized spacial score (nSPS) is 15.3. The van der Waals surface area contributed by atoms with Crippen LogP contribution in [-0.4, -0.2) is 0 Å². The van der Waals surface area contributed by atoms with E-state index in [0.29, 0.717) is 0 Å². The summed E-state index contributed by atoms with van der Waals surface area (Å²) < 4.78 is 0. The molecule has 3 aliphatic carbocycles. The molecule has 1 atom stereocenters. The van der Waals surface area contributed by atoms with E-state index in [-0.39, 0.29) is 5.41 Å². The molecule has 0 saturated heterocycles. The third-order valence-electron chi connectivity index (χ3n) is 14.6. The fraction of sp³-hybridized carbons (Fsp3) is 0.0625. The van der Waals surface area contributed by atoms with Gasteiger partial charge in [0.05, 0.1) is 11.1 Å². The van der Waals surface area contributed by atoms with Crippen molar-refractivity contribution in [2.45, 2.75) is 24.7 Å². The second-order valence-electron chi connectivity index (χ2n) is 18.4. The van der Waals surface area contributed by atoms with Crippen molar-refractivity contribution in [2.24, 2.45) is 0 Å². The summed E-state index contributed by atoms with van der Waals surface area (Å²) in [5.41, 5.74) is 24.1. The minimum atomic E-state index is -0.596. The molecule has 0 N–H and O–H groups in total. The first kappa shape index (κ1) is 38.3. The molecule has 312 valence electrons. The van der Waals surface area contributed by atoms with E-state index in [1.54, 1.807) is 0 Å². The van der Waals surface area contributed by atoms with Gasteiger partial charge in [-0.15, -0.1) is 0 Å². The van der Waals surface area contributed by atoms with Gasteiger partial charge in [0.25, 0.3) is 0 Å². The van der Waals surface area contributed by atoms with E-state index >= 15 is 0 Å². The molecule has 0 fully saturated rings. The summed E-state index contributed by atoms with van der Waals surface area (Å²) in [6, 6.07) is 90.1. The Hall–Kier alpha value is -8.20. The van der Waals surface area contributed by atoms with Crippen molar-refractivity contribution in [3.05, 3.63) is 276 Å². The van der Waals surface area contributed by atoms with Crippen LogP contribution >= 0.6 is 0 Å². The summed E-state index contributed by atoms with van der Waals surface area (Å²) in [6.45, 7) is 4.74. The van der Waals surface area contributed by atoms with E-state index in [1.807, 2.05) is 0 Å². The highest BCUT2D eigenvalue weighted by molar-refractivity contribution is 6.01. The van der Waals surface area contributed by atoms with Crippen molar-refractivity contribution in [1.82, 2.24) is 0 Å². The predicted octanol–water partition coefficient (Wildman–Crippen LogP) is 16.9. The first-order valence-electron chi connectivity index (χ1n) is 23.1. The molecule has 10 aromatic carbocycles. The minimum Gasteiger partial charge on any atom is -0.310 e. The second kappa shape index (κ2) is 14.7. The molecule has 0 bridgehead atoms. The summed E-state index contributed by atoms with van der Waals surface area (Å²) in [4.78, 5) is 4.91. The largest absolute Gasteiger partial charge is 0.310 e. The molecule has 0 aromatic heterocycles. The summed E-state index contributed by atoms with van der Waals surface area (Å²) >= 11 is 0. The molecule has 2 nitrogen and oxygen atoms in total. The van der Waals surface area contributed by atoms with Crippen LogP contribution in [0.15, 0.2) is 243 Å². The molecule has 66 heavy (non-hydrogen) atoms. The lowest BCUT2D eigenvalue weighted by Gasteiger charge is -2.34. The topological polar surface area (TPSA) is 6.48 Å². The van der Waals surface area contributed by atoms with Gasteiger partial charge in [0.15, 0.2) is 0 Å². The Morgan fingerprint density at radius 3 is 1.21 bits per heavy atom. The number of benzene rings is 10. The number of fused-ring (bicyclic) bond motifs is 13. The molecule has 13 rings (SSSR count). The van der Waals surface area contributed by atoms with Gasteiger partial charge in [-0.3, -0.25) is 0 Å². The van der Waals surface area contributed by atoms with E-state index < -0.39 is 5.41 Å². The van der Waals surface area contributed by atoms with Gasteiger partial charge in [-0.05, 0) is 145 Å². The van der Waals surface area contributed by atoms with Crippen LogP contribution in [0, 0.1) is 0 Å². The Morgan fingerprint density at radius 2 is 0.652 bits per heavy atom. The van der Waals surface area contributed by atoms with Crippen molar-refractivity contribution in [2.75, 3.05) is 9.80 Å². The molecule has 0 amide bonds.